The minimum absolute atomic E-state index is 0.181. The van der Waals surface area contributed by atoms with Gasteiger partial charge in [0.05, 0.1) is 10.5 Å². The molecule has 0 aromatic heterocycles. The zero-order valence-corrected chi connectivity index (χ0v) is 18.5. The van der Waals surface area contributed by atoms with Gasteiger partial charge in [0.25, 0.3) is 5.91 Å². The maximum absolute atomic E-state index is 12.9. The van der Waals surface area contributed by atoms with Gasteiger partial charge in [-0.2, -0.15) is 4.31 Å². The van der Waals surface area contributed by atoms with Crippen molar-refractivity contribution in [2.75, 3.05) is 11.9 Å². The Bertz CT molecular complexity index is 1160. The van der Waals surface area contributed by atoms with Gasteiger partial charge in [-0.05, 0) is 76.5 Å². The lowest BCUT2D eigenvalue weighted by molar-refractivity contribution is 0.102. The summed E-state index contributed by atoms with van der Waals surface area (Å²) >= 11 is 2.14. The maximum Gasteiger partial charge on any atom is 0.256 e. The van der Waals surface area contributed by atoms with Crippen LogP contribution in [0.5, 0.6) is 0 Å². The molecule has 0 saturated carbocycles. The lowest BCUT2D eigenvalue weighted by Gasteiger charge is -2.28. The van der Waals surface area contributed by atoms with Crippen molar-refractivity contribution in [3.63, 3.8) is 0 Å². The van der Waals surface area contributed by atoms with E-state index < -0.39 is 10.0 Å². The Hall–Kier alpha value is -2.23. The first kappa shape index (κ1) is 20.1. The van der Waals surface area contributed by atoms with Crippen LogP contribution in [0.15, 0.2) is 77.7 Å². The van der Waals surface area contributed by atoms with Crippen LogP contribution >= 0.6 is 22.6 Å². The Kier molecular flexibility index (Phi) is 5.71. The predicted octanol–water partition coefficient (Wildman–Crippen LogP) is 4.29. The van der Waals surface area contributed by atoms with Gasteiger partial charge in [-0.3, -0.25) is 4.79 Å². The molecule has 0 fully saturated rings. The molecular formula is C22H19IN2O3S. The largest absolute Gasteiger partial charge is 0.322 e. The van der Waals surface area contributed by atoms with E-state index in [-0.39, 0.29) is 5.91 Å². The summed E-state index contributed by atoms with van der Waals surface area (Å²) in [6, 6.07) is 21.6. The quantitative estimate of drug-likeness (QED) is 0.525. The third-order valence-electron chi connectivity index (χ3n) is 4.94. The summed E-state index contributed by atoms with van der Waals surface area (Å²) < 4.78 is 28.2. The molecule has 1 heterocycles. The van der Waals surface area contributed by atoms with Crippen LogP contribution in [0.3, 0.4) is 0 Å². The van der Waals surface area contributed by atoms with Crippen LogP contribution in [-0.4, -0.2) is 25.2 Å². The lowest BCUT2D eigenvalue weighted by Crippen LogP contribution is -2.36. The van der Waals surface area contributed by atoms with E-state index in [0.717, 1.165) is 14.7 Å². The highest BCUT2D eigenvalue weighted by molar-refractivity contribution is 14.1. The second-order valence-corrected chi connectivity index (χ2v) is 9.92. The Balaban J connectivity index is 1.56. The zero-order valence-electron chi connectivity index (χ0n) is 15.5. The molecule has 1 aliphatic rings. The molecule has 1 amide bonds. The third kappa shape index (κ3) is 4.22. The van der Waals surface area contributed by atoms with Gasteiger partial charge < -0.3 is 5.32 Å². The molecule has 5 nitrogen and oxygen atoms in total. The molecule has 0 radical (unpaired) electrons. The van der Waals surface area contributed by atoms with Crippen molar-refractivity contribution < 1.29 is 13.2 Å². The van der Waals surface area contributed by atoms with Gasteiger partial charge in [0.2, 0.25) is 10.0 Å². The Morgan fingerprint density at radius 2 is 1.66 bits per heavy atom. The minimum Gasteiger partial charge on any atom is -0.322 e. The molecule has 0 saturated heterocycles. The van der Waals surface area contributed by atoms with Crippen molar-refractivity contribution in [1.82, 2.24) is 4.31 Å². The van der Waals surface area contributed by atoms with Crippen LogP contribution in [0.2, 0.25) is 0 Å². The molecule has 7 heteroatoms. The third-order valence-corrected chi connectivity index (χ3v) is 7.74. The number of carbonyl (C=O) groups excluding carboxylic acids is 1. The summed E-state index contributed by atoms with van der Waals surface area (Å²) in [4.78, 5) is 12.9. The van der Waals surface area contributed by atoms with Crippen molar-refractivity contribution in [3.05, 3.63) is 93.1 Å². The second kappa shape index (κ2) is 8.25. The molecule has 1 aliphatic heterocycles. The molecule has 0 unspecified atom stereocenters. The maximum atomic E-state index is 12.9. The van der Waals surface area contributed by atoms with Crippen LogP contribution in [0.1, 0.15) is 21.5 Å². The molecule has 4 rings (SSSR count). The molecule has 3 aromatic carbocycles. The van der Waals surface area contributed by atoms with E-state index in [9.17, 15) is 13.2 Å². The average Bonchev–Trinajstić information content (AvgIpc) is 2.74. The fourth-order valence-corrected chi connectivity index (χ4v) is 5.47. The predicted molar refractivity (Wildman–Crippen MR) is 121 cm³/mol. The van der Waals surface area contributed by atoms with Crippen LogP contribution in [0.4, 0.5) is 5.69 Å². The van der Waals surface area contributed by atoms with Gasteiger partial charge in [-0.25, -0.2) is 8.42 Å². The molecule has 148 valence electrons. The highest BCUT2D eigenvalue weighted by atomic mass is 127. The van der Waals surface area contributed by atoms with E-state index in [2.05, 4.69) is 27.9 Å². The molecule has 29 heavy (non-hydrogen) atoms. The number of amides is 1. The first-order chi connectivity index (χ1) is 13.9. The molecular weight excluding hydrogens is 499 g/mol. The summed E-state index contributed by atoms with van der Waals surface area (Å²) in [5.74, 6) is -0.181. The van der Waals surface area contributed by atoms with Crippen molar-refractivity contribution in [3.8, 4) is 0 Å². The number of anilines is 1. The number of sulfonamides is 1. The lowest BCUT2D eigenvalue weighted by atomic mass is 10.0. The van der Waals surface area contributed by atoms with Crippen molar-refractivity contribution >= 4 is 44.2 Å². The Morgan fingerprint density at radius 3 is 2.41 bits per heavy atom. The summed E-state index contributed by atoms with van der Waals surface area (Å²) in [6.07, 6.45) is 0.645. The van der Waals surface area contributed by atoms with E-state index in [1.165, 1.54) is 4.31 Å². The van der Waals surface area contributed by atoms with Gasteiger partial charge >= 0.3 is 0 Å². The number of rotatable bonds is 4. The van der Waals surface area contributed by atoms with Gasteiger partial charge in [-0.15, -0.1) is 0 Å². The molecule has 0 aliphatic carbocycles. The van der Waals surface area contributed by atoms with Gasteiger partial charge in [-0.1, -0.05) is 36.4 Å². The first-order valence-corrected chi connectivity index (χ1v) is 11.7. The number of benzene rings is 3. The Labute approximate surface area is 183 Å². The molecule has 0 spiro atoms. The van der Waals surface area contributed by atoms with E-state index in [4.69, 9.17) is 0 Å². The van der Waals surface area contributed by atoms with Crippen molar-refractivity contribution in [2.24, 2.45) is 0 Å². The van der Waals surface area contributed by atoms with Crippen LogP contribution in [0, 0.1) is 3.57 Å². The zero-order chi connectivity index (χ0) is 20.4. The van der Waals surface area contributed by atoms with Crippen LogP contribution in [-0.2, 0) is 23.0 Å². The molecule has 1 N–H and O–H groups in total. The second-order valence-electron chi connectivity index (χ2n) is 6.82. The average molecular weight is 518 g/mol. The monoisotopic (exact) mass is 518 g/mol. The summed E-state index contributed by atoms with van der Waals surface area (Å²) in [5.41, 5.74) is 3.29. The Morgan fingerprint density at radius 1 is 0.931 bits per heavy atom. The smallest absolute Gasteiger partial charge is 0.256 e. The highest BCUT2D eigenvalue weighted by Gasteiger charge is 2.28. The van der Waals surface area contributed by atoms with Crippen LogP contribution < -0.4 is 5.32 Å². The number of fused-ring (bicyclic) bond motifs is 1. The highest BCUT2D eigenvalue weighted by Crippen LogP contribution is 2.27. The topological polar surface area (TPSA) is 66.5 Å². The number of nitrogens with zero attached hydrogens (tertiary/aromatic N) is 1. The normalized spacial score (nSPS) is 14.2. The first-order valence-electron chi connectivity index (χ1n) is 9.18. The van der Waals surface area contributed by atoms with Crippen LogP contribution in [0.25, 0.3) is 0 Å². The van der Waals surface area contributed by atoms with Crippen molar-refractivity contribution in [2.45, 2.75) is 17.9 Å². The van der Waals surface area contributed by atoms with Gasteiger partial charge in [0.1, 0.15) is 0 Å². The fraction of sp³-hybridized carbons (Fsp3) is 0.136. The minimum atomic E-state index is -3.54. The van der Waals surface area contributed by atoms with Crippen molar-refractivity contribution in [1.29, 1.82) is 0 Å². The number of hydrogen-bond donors (Lipinski definition) is 1. The molecule has 0 bridgehead atoms. The van der Waals surface area contributed by atoms with E-state index in [1.807, 2.05) is 36.4 Å². The van der Waals surface area contributed by atoms with Gasteiger partial charge in [0.15, 0.2) is 0 Å². The summed E-state index contributed by atoms with van der Waals surface area (Å²) in [7, 11) is -3.54. The van der Waals surface area contributed by atoms with E-state index in [1.54, 1.807) is 36.4 Å². The van der Waals surface area contributed by atoms with E-state index >= 15 is 0 Å². The van der Waals surface area contributed by atoms with Gasteiger partial charge in [0, 0.05) is 22.3 Å². The number of carbonyl (C=O) groups is 1. The van der Waals surface area contributed by atoms with E-state index in [0.29, 0.717) is 35.7 Å². The summed E-state index contributed by atoms with van der Waals surface area (Å²) in [5, 5.41) is 2.92. The number of hydrogen-bond acceptors (Lipinski definition) is 3. The SMILES string of the molecule is O=C(Nc1ccc2c(c1)CN(S(=O)(=O)c1ccccc1)CC2)c1ccccc1I. The number of halogens is 1. The fourth-order valence-electron chi connectivity index (χ4n) is 3.40. The number of nitrogens with one attached hydrogen (secondary N) is 1. The molecule has 0 atom stereocenters. The standard InChI is InChI=1S/C22H19IN2O3S/c23-21-9-5-4-8-20(21)22(26)24-18-11-10-16-12-13-25(15-17(16)14-18)29(27,28)19-6-2-1-3-7-19/h1-11,14H,12-13,15H2,(H,24,26). The summed E-state index contributed by atoms with van der Waals surface area (Å²) in [6.45, 7) is 0.733. The molecule has 3 aromatic rings.